The second-order valence-corrected chi connectivity index (χ2v) is 5.12. The first-order valence-corrected chi connectivity index (χ1v) is 6.89. The molecule has 1 aromatic carbocycles. The predicted octanol–water partition coefficient (Wildman–Crippen LogP) is 2.95. The molecule has 2 heteroatoms. The van der Waals surface area contributed by atoms with Crippen LogP contribution >= 0.6 is 0 Å². The van der Waals surface area contributed by atoms with Gasteiger partial charge in [0.15, 0.2) is 5.76 Å². The fourth-order valence-corrected chi connectivity index (χ4v) is 2.72. The van der Waals surface area contributed by atoms with Gasteiger partial charge in [0, 0.05) is 5.56 Å². The van der Waals surface area contributed by atoms with Crippen molar-refractivity contribution in [3.8, 4) is 11.3 Å². The van der Waals surface area contributed by atoms with Gasteiger partial charge >= 0.3 is 0 Å². The van der Waals surface area contributed by atoms with E-state index in [1.54, 1.807) is 0 Å². The van der Waals surface area contributed by atoms with Crippen molar-refractivity contribution in [2.24, 2.45) is 0 Å². The van der Waals surface area contributed by atoms with Gasteiger partial charge < -0.3 is 9.73 Å². The Balaban J connectivity index is 1.63. The summed E-state index contributed by atoms with van der Waals surface area (Å²) in [5.41, 5.74) is 1.16. The van der Waals surface area contributed by atoms with E-state index in [0.29, 0.717) is 0 Å². The number of hydrogen-bond acceptors (Lipinski definition) is 1. The Morgan fingerprint density at radius 3 is 2.56 bits per heavy atom. The number of furan rings is 1. The minimum Gasteiger partial charge on any atom is -0.455 e. The molecule has 1 aliphatic carbocycles. The molecule has 0 bridgehead atoms. The summed E-state index contributed by atoms with van der Waals surface area (Å²) >= 11 is 0. The lowest BCUT2D eigenvalue weighted by Crippen LogP contribution is -2.87. The van der Waals surface area contributed by atoms with Crippen molar-refractivity contribution in [2.75, 3.05) is 0 Å². The highest BCUT2D eigenvalue weighted by Crippen LogP contribution is 2.21. The standard InChI is InChI=1S/C16H19NO/c1-2-6-13(7-3-1)16-11-10-15(18-16)12-17-14-8-4-5-9-14/h1-3,6-7,10-11,14,17H,4-5,8-9,12H2/p+1. The molecule has 94 valence electrons. The summed E-state index contributed by atoms with van der Waals surface area (Å²) in [6.07, 6.45) is 5.53. The third-order valence-electron chi connectivity index (χ3n) is 3.77. The largest absolute Gasteiger partial charge is 0.455 e. The van der Waals surface area contributed by atoms with Crippen molar-refractivity contribution in [3.63, 3.8) is 0 Å². The van der Waals surface area contributed by atoms with Crippen LogP contribution in [0.3, 0.4) is 0 Å². The fourth-order valence-electron chi connectivity index (χ4n) is 2.72. The predicted molar refractivity (Wildman–Crippen MR) is 72.0 cm³/mol. The van der Waals surface area contributed by atoms with Crippen LogP contribution in [-0.4, -0.2) is 6.04 Å². The van der Waals surface area contributed by atoms with Gasteiger partial charge in [0.2, 0.25) is 0 Å². The Labute approximate surface area is 108 Å². The molecule has 1 fully saturated rings. The highest BCUT2D eigenvalue weighted by atomic mass is 16.3. The molecule has 1 heterocycles. The van der Waals surface area contributed by atoms with E-state index in [9.17, 15) is 0 Å². The van der Waals surface area contributed by atoms with E-state index in [4.69, 9.17) is 4.42 Å². The molecule has 1 saturated carbocycles. The van der Waals surface area contributed by atoms with Crippen LogP contribution in [-0.2, 0) is 6.54 Å². The molecule has 2 nitrogen and oxygen atoms in total. The topological polar surface area (TPSA) is 29.8 Å². The molecule has 2 N–H and O–H groups in total. The van der Waals surface area contributed by atoms with Gasteiger partial charge in [-0.2, -0.15) is 0 Å². The summed E-state index contributed by atoms with van der Waals surface area (Å²) in [6.45, 7) is 0.970. The summed E-state index contributed by atoms with van der Waals surface area (Å²) in [4.78, 5) is 0. The Morgan fingerprint density at radius 2 is 1.78 bits per heavy atom. The molecular weight excluding hydrogens is 222 g/mol. The molecule has 1 aromatic heterocycles. The Morgan fingerprint density at radius 1 is 1.00 bits per heavy atom. The van der Waals surface area contributed by atoms with Crippen molar-refractivity contribution in [1.82, 2.24) is 0 Å². The van der Waals surface area contributed by atoms with Gasteiger partial charge in [-0.15, -0.1) is 0 Å². The van der Waals surface area contributed by atoms with Crippen LogP contribution in [0.5, 0.6) is 0 Å². The van der Waals surface area contributed by atoms with E-state index in [1.165, 1.54) is 25.7 Å². The third-order valence-corrected chi connectivity index (χ3v) is 3.77. The van der Waals surface area contributed by atoms with Gasteiger partial charge in [-0.25, -0.2) is 0 Å². The fraction of sp³-hybridized carbons (Fsp3) is 0.375. The molecule has 3 rings (SSSR count). The van der Waals surface area contributed by atoms with Gasteiger partial charge in [-0.1, -0.05) is 30.3 Å². The quantitative estimate of drug-likeness (QED) is 0.877. The SMILES string of the molecule is c1ccc(-c2ccc(C[NH2+]C3CCCC3)o2)cc1. The molecule has 0 spiro atoms. The molecule has 1 aliphatic rings. The van der Waals surface area contributed by atoms with Crippen LogP contribution in [0.25, 0.3) is 11.3 Å². The summed E-state index contributed by atoms with van der Waals surface area (Å²) in [5, 5.41) is 2.43. The van der Waals surface area contributed by atoms with E-state index in [1.807, 2.05) is 18.2 Å². The first-order chi connectivity index (χ1) is 8.92. The van der Waals surface area contributed by atoms with Crippen molar-refractivity contribution < 1.29 is 9.73 Å². The van der Waals surface area contributed by atoms with Crippen LogP contribution in [0.4, 0.5) is 0 Å². The number of hydrogen-bond donors (Lipinski definition) is 1. The highest BCUT2D eigenvalue weighted by Gasteiger charge is 2.18. The van der Waals surface area contributed by atoms with Crippen molar-refractivity contribution in [3.05, 3.63) is 48.2 Å². The Hall–Kier alpha value is -1.54. The normalized spacial score (nSPS) is 16.2. The zero-order valence-corrected chi connectivity index (χ0v) is 10.6. The number of nitrogens with two attached hydrogens (primary N) is 1. The van der Waals surface area contributed by atoms with Crippen LogP contribution in [0.1, 0.15) is 31.4 Å². The molecule has 0 atom stereocenters. The molecule has 0 aliphatic heterocycles. The summed E-state index contributed by atoms with van der Waals surface area (Å²) in [7, 11) is 0. The van der Waals surface area contributed by atoms with Crippen LogP contribution in [0, 0.1) is 0 Å². The zero-order chi connectivity index (χ0) is 12.2. The van der Waals surface area contributed by atoms with Crippen molar-refractivity contribution in [2.45, 2.75) is 38.3 Å². The smallest absolute Gasteiger partial charge is 0.158 e. The van der Waals surface area contributed by atoms with Gasteiger partial charge in [-0.05, 0) is 37.8 Å². The first kappa shape index (κ1) is 11.5. The molecule has 0 unspecified atom stereocenters. The maximum Gasteiger partial charge on any atom is 0.158 e. The van der Waals surface area contributed by atoms with Gasteiger partial charge in [0.05, 0.1) is 6.04 Å². The molecule has 0 amide bonds. The molecule has 2 aromatic rings. The number of benzene rings is 1. The molecule has 0 radical (unpaired) electrons. The van der Waals surface area contributed by atoms with E-state index < -0.39 is 0 Å². The van der Waals surface area contributed by atoms with E-state index in [2.05, 4.69) is 29.6 Å². The lowest BCUT2D eigenvalue weighted by molar-refractivity contribution is -0.704. The maximum atomic E-state index is 5.90. The van der Waals surface area contributed by atoms with E-state index in [0.717, 1.165) is 29.7 Å². The Bertz CT molecular complexity index is 483. The summed E-state index contributed by atoms with van der Waals surface area (Å²) in [5.74, 6) is 2.06. The Kier molecular flexibility index (Phi) is 3.47. The highest BCUT2D eigenvalue weighted by molar-refractivity contribution is 5.57. The minimum absolute atomic E-state index is 0.815. The monoisotopic (exact) mass is 242 g/mol. The van der Waals surface area contributed by atoms with Crippen molar-refractivity contribution >= 4 is 0 Å². The van der Waals surface area contributed by atoms with Crippen LogP contribution in [0.2, 0.25) is 0 Å². The number of quaternary nitrogens is 1. The summed E-state index contributed by atoms with van der Waals surface area (Å²) < 4.78 is 5.90. The molecule has 18 heavy (non-hydrogen) atoms. The second-order valence-electron chi connectivity index (χ2n) is 5.12. The van der Waals surface area contributed by atoms with E-state index in [-0.39, 0.29) is 0 Å². The third kappa shape index (κ3) is 2.65. The van der Waals surface area contributed by atoms with Gasteiger partial charge in [-0.3, -0.25) is 0 Å². The van der Waals surface area contributed by atoms with E-state index >= 15 is 0 Å². The van der Waals surface area contributed by atoms with Gasteiger partial charge in [0.1, 0.15) is 12.3 Å². The molecular formula is C16H20NO+. The maximum absolute atomic E-state index is 5.90. The van der Waals surface area contributed by atoms with Crippen molar-refractivity contribution in [1.29, 1.82) is 0 Å². The minimum atomic E-state index is 0.815. The lowest BCUT2D eigenvalue weighted by atomic mass is 10.2. The average molecular weight is 242 g/mol. The lowest BCUT2D eigenvalue weighted by Gasteiger charge is -2.06. The second kappa shape index (κ2) is 5.40. The average Bonchev–Trinajstić information content (AvgIpc) is 3.09. The first-order valence-electron chi connectivity index (χ1n) is 6.89. The van der Waals surface area contributed by atoms with Crippen LogP contribution in [0.15, 0.2) is 46.9 Å². The number of rotatable bonds is 4. The van der Waals surface area contributed by atoms with Gasteiger partial charge in [0.25, 0.3) is 0 Å². The zero-order valence-electron chi connectivity index (χ0n) is 10.6. The summed E-state index contributed by atoms with van der Waals surface area (Å²) in [6, 6.07) is 15.3. The molecule has 0 saturated heterocycles. The van der Waals surface area contributed by atoms with Crippen LogP contribution < -0.4 is 5.32 Å².